The van der Waals surface area contributed by atoms with E-state index in [-0.39, 0.29) is 0 Å². The van der Waals surface area contributed by atoms with Crippen LogP contribution in [0.4, 0.5) is 0 Å². The molecule has 19 heavy (non-hydrogen) atoms. The van der Waals surface area contributed by atoms with Gasteiger partial charge < -0.3 is 4.74 Å². The van der Waals surface area contributed by atoms with E-state index in [1.54, 1.807) is 7.11 Å². The predicted octanol–water partition coefficient (Wildman–Crippen LogP) is 4.95. The Hall–Kier alpha value is -1.99. The van der Waals surface area contributed by atoms with Gasteiger partial charge in [-0.1, -0.05) is 72.3 Å². The van der Waals surface area contributed by atoms with Gasteiger partial charge in [-0.15, -0.1) is 0 Å². The molecule has 0 amide bonds. The number of benzene rings is 2. The molecule has 96 valence electrons. The zero-order valence-electron chi connectivity index (χ0n) is 10.7. The summed E-state index contributed by atoms with van der Waals surface area (Å²) in [6.45, 7) is 0. The maximum atomic E-state index is 6.30. The molecule has 0 atom stereocenters. The zero-order valence-corrected chi connectivity index (χ0v) is 11.5. The first kappa shape index (κ1) is 13.4. The van der Waals surface area contributed by atoms with Gasteiger partial charge in [-0.05, 0) is 23.3 Å². The van der Waals surface area contributed by atoms with Crippen LogP contribution in [-0.2, 0) is 4.74 Å². The first-order valence-electron chi connectivity index (χ1n) is 6.03. The van der Waals surface area contributed by atoms with Crippen LogP contribution in [0.2, 0.25) is 0 Å². The van der Waals surface area contributed by atoms with Gasteiger partial charge in [0.2, 0.25) is 0 Å². The molecule has 2 aromatic rings. The Morgan fingerprint density at radius 3 is 1.79 bits per heavy atom. The molecule has 0 unspecified atom stereocenters. The summed E-state index contributed by atoms with van der Waals surface area (Å²) in [5, 5.41) is 0.581. The van der Waals surface area contributed by atoms with E-state index >= 15 is 0 Å². The van der Waals surface area contributed by atoms with E-state index in [1.807, 2.05) is 72.8 Å². The molecule has 0 spiro atoms. The molecule has 0 bridgehead atoms. The molecule has 0 fully saturated rings. The number of halogens is 1. The van der Waals surface area contributed by atoms with E-state index in [0.29, 0.717) is 10.8 Å². The van der Waals surface area contributed by atoms with E-state index in [9.17, 15) is 0 Å². The molecule has 0 aromatic heterocycles. The fourth-order valence-electron chi connectivity index (χ4n) is 1.69. The normalized spacial score (nSPS) is 12.3. The largest absolute Gasteiger partial charge is 0.495 e. The van der Waals surface area contributed by atoms with Crippen LogP contribution in [0.25, 0.3) is 12.2 Å². The maximum Gasteiger partial charge on any atom is 0.138 e. The van der Waals surface area contributed by atoms with Gasteiger partial charge in [0.05, 0.1) is 12.1 Å². The molecule has 2 aromatic carbocycles. The van der Waals surface area contributed by atoms with Crippen LogP contribution in [0.3, 0.4) is 0 Å². The van der Waals surface area contributed by atoms with Gasteiger partial charge in [-0.25, -0.2) is 0 Å². The molecule has 2 heteroatoms. The van der Waals surface area contributed by atoms with Crippen LogP contribution in [0, 0.1) is 0 Å². The zero-order chi connectivity index (χ0) is 13.5. The van der Waals surface area contributed by atoms with Crippen molar-refractivity contribution in [3.63, 3.8) is 0 Å². The Morgan fingerprint density at radius 2 is 1.32 bits per heavy atom. The van der Waals surface area contributed by atoms with Gasteiger partial charge in [0.25, 0.3) is 0 Å². The van der Waals surface area contributed by atoms with Crippen molar-refractivity contribution >= 4 is 23.8 Å². The molecule has 2 rings (SSSR count). The van der Waals surface area contributed by atoms with Crippen molar-refractivity contribution in [2.45, 2.75) is 0 Å². The van der Waals surface area contributed by atoms with Crippen LogP contribution in [-0.4, -0.2) is 7.11 Å². The third-order valence-corrected chi connectivity index (χ3v) is 2.94. The quantitative estimate of drug-likeness (QED) is 0.564. The Morgan fingerprint density at radius 1 is 0.842 bits per heavy atom. The summed E-state index contributed by atoms with van der Waals surface area (Å²) in [6, 6.07) is 19.9. The molecule has 0 radical (unpaired) electrons. The average molecular weight is 271 g/mol. The third kappa shape index (κ3) is 4.01. The minimum absolute atomic E-state index is 0.581. The number of methoxy groups -OCH3 is 1. The molecular weight excluding hydrogens is 256 g/mol. The summed E-state index contributed by atoms with van der Waals surface area (Å²) in [5.74, 6) is 0.650. The van der Waals surface area contributed by atoms with Crippen molar-refractivity contribution in [2.24, 2.45) is 0 Å². The highest BCUT2D eigenvalue weighted by Crippen LogP contribution is 2.21. The lowest BCUT2D eigenvalue weighted by Crippen LogP contribution is -1.87. The fourth-order valence-corrected chi connectivity index (χ4v) is 1.95. The maximum absolute atomic E-state index is 6.30. The molecule has 0 aliphatic carbocycles. The van der Waals surface area contributed by atoms with Gasteiger partial charge in [0, 0.05) is 0 Å². The highest BCUT2D eigenvalue weighted by molar-refractivity contribution is 6.34. The Balaban J connectivity index is 2.27. The average Bonchev–Trinajstić information content (AvgIpc) is 2.47. The first-order chi connectivity index (χ1) is 9.29. The van der Waals surface area contributed by atoms with Crippen LogP contribution >= 0.6 is 11.6 Å². The lowest BCUT2D eigenvalue weighted by atomic mass is 10.1. The van der Waals surface area contributed by atoms with Crippen molar-refractivity contribution in [3.8, 4) is 0 Å². The van der Waals surface area contributed by atoms with E-state index in [1.165, 1.54) is 0 Å². The fraction of sp³-hybridized carbons (Fsp3) is 0.0588. The van der Waals surface area contributed by atoms with E-state index < -0.39 is 0 Å². The van der Waals surface area contributed by atoms with Crippen LogP contribution < -0.4 is 0 Å². The molecule has 0 N–H and O–H groups in total. The second-order valence-corrected chi connectivity index (χ2v) is 4.43. The minimum Gasteiger partial charge on any atom is -0.495 e. The summed E-state index contributed by atoms with van der Waals surface area (Å²) in [7, 11) is 1.62. The standard InChI is InChI=1S/C17H15ClO/c1-19-17(13-15-10-6-3-7-11-15)16(18)12-14-8-4-2-5-9-14/h2-13H,1H3. The van der Waals surface area contributed by atoms with E-state index in [2.05, 4.69) is 0 Å². The predicted molar refractivity (Wildman–Crippen MR) is 81.7 cm³/mol. The number of allylic oxidation sites excluding steroid dienone is 1. The Labute approximate surface area is 118 Å². The second kappa shape index (κ2) is 6.81. The summed E-state index contributed by atoms with van der Waals surface area (Å²) in [4.78, 5) is 0. The Kier molecular flexibility index (Phi) is 4.82. The molecule has 0 saturated heterocycles. The molecule has 0 aliphatic rings. The third-order valence-electron chi connectivity index (χ3n) is 2.65. The van der Waals surface area contributed by atoms with Gasteiger partial charge >= 0.3 is 0 Å². The smallest absolute Gasteiger partial charge is 0.138 e. The van der Waals surface area contributed by atoms with Crippen LogP contribution in [0.1, 0.15) is 11.1 Å². The number of rotatable bonds is 4. The lowest BCUT2D eigenvalue weighted by Gasteiger charge is -2.05. The van der Waals surface area contributed by atoms with Gasteiger partial charge in [0.1, 0.15) is 5.76 Å². The van der Waals surface area contributed by atoms with Gasteiger partial charge in [-0.3, -0.25) is 0 Å². The summed E-state index contributed by atoms with van der Waals surface area (Å²) >= 11 is 6.30. The van der Waals surface area contributed by atoms with Crippen LogP contribution in [0.5, 0.6) is 0 Å². The highest BCUT2D eigenvalue weighted by atomic mass is 35.5. The molecule has 0 aliphatic heterocycles. The van der Waals surface area contributed by atoms with Crippen molar-refractivity contribution in [3.05, 3.63) is 82.6 Å². The van der Waals surface area contributed by atoms with Crippen molar-refractivity contribution in [1.29, 1.82) is 0 Å². The summed E-state index contributed by atoms with van der Waals surface area (Å²) < 4.78 is 5.35. The first-order valence-corrected chi connectivity index (χ1v) is 6.41. The Bertz CT molecular complexity index is 571. The summed E-state index contributed by atoms with van der Waals surface area (Å²) in [6.07, 6.45) is 3.81. The van der Waals surface area contributed by atoms with E-state index in [0.717, 1.165) is 11.1 Å². The van der Waals surface area contributed by atoms with Gasteiger partial charge in [0.15, 0.2) is 0 Å². The van der Waals surface area contributed by atoms with Crippen LogP contribution in [0.15, 0.2) is 71.5 Å². The van der Waals surface area contributed by atoms with Crippen molar-refractivity contribution in [1.82, 2.24) is 0 Å². The molecular formula is C17H15ClO. The van der Waals surface area contributed by atoms with Crippen molar-refractivity contribution < 1.29 is 4.74 Å². The number of hydrogen-bond donors (Lipinski definition) is 0. The molecule has 1 nitrogen and oxygen atoms in total. The van der Waals surface area contributed by atoms with E-state index in [4.69, 9.17) is 16.3 Å². The molecule has 0 heterocycles. The minimum atomic E-state index is 0.581. The lowest BCUT2D eigenvalue weighted by molar-refractivity contribution is 0.309. The second-order valence-electron chi connectivity index (χ2n) is 4.03. The highest BCUT2D eigenvalue weighted by Gasteiger charge is 2.02. The molecule has 0 saturated carbocycles. The summed E-state index contributed by atoms with van der Waals surface area (Å²) in [5.41, 5.74) is 2.10. The number of hydrogen-bond acceptors (Lipinski definition) is 1. The SMILES string of the molecule is COC(=Cc1ccccc1)C(Cl)=Cc1ccccc1. The topological polar surface area (TPSA) is 9.23 Å². The van der Waals surface area contributed by atoms with Crippen molar-refractivity contribution in [2.75, 3.05) is 7.11 Å². The number of ether oxygens (including phenoxy) is 1. The monoisotopic (exact) mass is 270 g/mol. The van der Waals surface area contributed by atoms with Gasteiger partial charge in [-0.2, -0.15) is 0 Å².